The number of benzene rings is 10. The SMILES string of the molecule is Cc1cc(N(C)C)ccc1-c1cccc(C)c1-c1ccc(N(C)C)cc1C.Cc1ccc(N(c2ccc(C)cc2)c2ccc(C=Cc3ccc(C=Cc4ccc(N(c5ccc(C)cc5)c5ccc(C)cc5)cc4)cc3)cc2)cc1. The topological polar surface area (TPSA) is 13.0 Å². The van der Waals surface area contributed by atoms with Crippen molar-refractivity contribution in [2.45, 2.75) is 48.5 Å². The molecule has 0 saturated carbocycles. The van der Waals surface area contributed by atoms with Crippen molar-refractivity contribution in [3.8, 4) is 22.3 Å². The molecule has 79 heavy (non-hydrogen) atoms. The van der Waals surface area contributed by atoms with E-state index in [1.54, 1.807) is 0 Å². The lowest BCUT2D eigenvalue weighted by Crippen LogP contribution is -2.09. The number of hydrogen-bond acceptors (Lipinski definition) is 4. The second-order valence-corrected chi connectivity index (χ2v) is 21.3. The van der Waals surface area contributed by atoms with E-state index in [1.807, 2.05) is 0 Å². The summed E-state index contributed by atoms with van der Waals surface area (Å²) in [5.74, 6) is 0. The Kier molecular flexibility index (Phi) is 17.2. The van der Waals surface area contributed by atoms with Crippen LogP contribution in [0.1, 0.15) is 61.2 Å². The highest BCUT2D eigenvalue weighted by atomic mass is 15.1. The summed E-state index contributed by atoms with van der Waals surface area (Å²) in [6.07, 6.45) is 8.70. The average Bonchev–Trinajstić information content (AvgIpc) is 3.51. The Hall–Kier alpha value is -9.12. The summed E-state index contributed by atoms with van der Waals surface area (Å²) in [5, 5.41) is 0. The molecule has 0 radical (unpaired) electrons. The van der Waals surface area contributed by atoms with Crippen LogP contribution in [0.3, 0.4) is 0 Å². The van der Waals surface area contributed by atoms with Crippen LogP contribution in [0.25, 0.3) is 46.6 Å². The first-order valence-corrected chi connectivity index (χ1v) is 27.4. The summed E-state index contributed by atoms with van der Waals surface area (Å²) in [6.45, 7) is 15.1. The molecule has 10 rings (SSSR count). The number of anilines is 8. The third kappa shape index (κ3) is 13.5. The van der Waals surface area contributed by atoms with E-state index in [4.69, 9.17) is 0 Å². The quantitative estimate of drug-likeness (QED) is 0.101. The molecule has 10 aromatic rings. The lowest BCUT2D eigenvalue weighted by Gasteiger charge is -2.25. The highest BCUT2D eigenvalue weighted by molar-refractivity contribution is 5.89. The van der Waals surface area contributed by atoms with Crippen molar-refractivity contribution in [3.05, 3.63) is 286 Å². The molecule has 10 aromatic carbocycles. The molecule has 0 spiro atoms. The molecule has 0 fully saturated rings. The predicted octanol–water partition coefficient (Wildman–Crippen LogP) is 20.3. The maximum atomic E-state index is 2.30. The molecular weight excluding hydrogens is 957 g/mol. The zero-order valence-corrected chi connectivity index (χ0v) is 48.0. The standard InChI is InChI=1S/C50H44N2.C25H30N2/c1-37-5-25-45(26-6-37)51(46-27-7-38(2)8-28-46)49-33-21-43(22-34-49)19-17-41-13-15-42(16-14-41)18-20-44-23-35-50(36-24-44)52(47-29-9-39(3)10-30-47)48-31-11-40(4)12-32-48;1-17-9-8-10-24(22-13-11-20(26(4)5)15-18(22)2)25(17)23-14-12-21(27(6)7)16-19(23)3/h5-36H,1-4H3;8-16H,1-7H3. The largest absolute Gasteiger partial charge is 0.378 e. The molecular formula is C75H74N4. The second-order valence-electron chi connectivity index (χ2n) is 21.3. The van der Waals surface area contributed by atoms with E-state index >= 15 is 0 Å². The van der Waals surface area contributed by atoms with Gasteiger partial charge in [0.2, 0.25) is 0 Å². The summed E-state index contributed by atoms with van der Waals surface area (Å²) >= 11 is 0. The summed E-state index contributed by atoms with van der Waals surface area (Å²) in [4.78, 5) is 8.91. The molecule has 0 aliphatic heterocycles. The fourth-order valence-electron chi connectivity index (χ4n) is 9.93. The summed E-state index contributed by atoms with van der Waals surface area (Å²) in [6, 6.07) is 81.1. The van der Waals surface area contributed by atoms with E-state index in [2.05, 4.69) is 345 Å². The number of nitrogens with zero attached hydrogens (tertiary/aromatic N) is 4. The third-order valence-electron chi connectivity index (χ3n) is 14.6. The Bertz CT molecular complexity index is 3420. The lowest BCUT2D eigenvalue weighted by atomic mass is 9.87. The van der Waals surface area contributed by atoms with Crippen molar-refractivity contribution in [1.82, 2.24) is 0 Å². The summed E-state index contributed by atoms with van der Waals surface area (Å²) in [5.41, 5.74) is 28.1. The van der Waals surface area contributed by atoms with Gasteiger partial charge in [-0.2, -0.15) is 0 Å². The van der Waals surface area contributed by atoms with Gasteiger partial charge in [0.05, 0.1) is 0 Å². The zero-order chi connectivity index (χ0) is 55.6. The van der Waals surface area contributed by atoms with Crippen LogP contribution in [-0.4, -0.2) is 28.2 Å². The van der Waals surface area contributed by atoms with E-state index < -0.39 is 0 Å². The Morgan fingerprint density at radius 3 is 0.797 bits per heavy atom. The van der Waals surface area contributed by atoms with Gasteiger partial charge < -0.3 is 19.6 Å². The summed E-state index contributed by atoms with van der Waals surface area (Å²) in [7, 11) is 8.34. The van der Waals surface area contributed by atoms with Crippen LogP contribution >= 0.6 is 0 Å². The second kappa shape index (κ2) is 24.9. The highest BCUT2D eigenvalue weighted by Crippen LogP contribution is 2.40. The van der Waals surface area contributed by atoms with Crippen molar-refractivity contribution in [2.75, 3.05) is 47.8 Å². The minimum Gasteiger partial charge on any atom is -0.378 e. The van der Waals surface area contributed by atoms with Gasteiger partial charge in [-0.1, -0.05) is 174 Å². The van der Waals surface area contributed by atoms with Gasteiger partial charge in [0.1, 0.15) is 0 Å². The summed E-state index contributed by atoms with van der Waals surface area (Å²) < 4.78 is 0. The van der Waals surface area contributed by atoms with Gasteiger partial charge in [0.15, 0.2) is 0 Å². The van der Waals surface area contributed by atoms with Crippen LogP contribution in [0.2, 0.25) is 0 Å². The molecule has 0 heterocycles. The molecule has 0 N–H and O–H groups in total. The molecule has 0 aliphatic carbocycles. The van der Waals surface area contributed by atoms with Crippen molar-refractivity contribution in [2.24, 2.45) is 0 Å². The minimum atomic E-state index is 1.13. The van der Waals surface area contributed by atoms with Gasteiger partial charge >= 0.3 is 0 Å². The van der Waals surface area contributed by atoms with E-state index in [0.29, 0.717) is 0 Å². The van der Waals surface area contributed by atoms with Crippen molar-refractivity contribution in [1.29, 1.82) is 0 Å². The van der Waals surface area contributed by atoms with Crippen LogP contribution < -0.4 is 19.6 Å². The lowest BCUT2D eigenvalue weighted by molar-refractivity contribution is 1.13. The predicted molar refractivity (Wildman–Crippen MR) is 346 cm³/mol. The van der Waals surface area contributed by atoms with Crippen molar-refractivity contribution < 1.29 is 0 Å². The Balaban J connectivity index is 0.000000235. The molecule has 4 heteroatoms. The molecule has 394 valence electrons. The van der Waals surface area contributed by atoms with E-state index in [1.165, 1.54) is 83.7 Å². The van der Waals surface area contributed by atoms with Crippen LogP contribution in [0.5, 0.6) is 0 Å². The first-order valence-electron chi connectivity index (χ1n) is 27.4. The van der Waals surface area contributed by atoms with Crippen molar-refractivity contribution >= 4 is 69.8 Å². The molecule has 0 unspecified atom stereocenters. The van der Waals surface area contributed by atoms with Gasteiger partial charge in [0.25, 0.3) is 0 Å². The molecule has 0 atom stereocenters. The minimum absolute atomic E-state index is 1.13. The number of aryl methyl sites for hydroxylation is 7. The molecule has 0 amide bonds. The first-order chi connectivity index (χ1) is 38.2. The van der Waals surface area contributed by atoms with Gasteiger partial charge in [-0.3, -0.25) is 0 Å². The smallest absolute Gasteiger partial charge is 0.0462 e. The maximum Gasteiger partial charge on any atom is 0.0462 e. The average molecular weight is 1030 g/mol. The Morgan fingerprint density at radius 2 is 0.506 bits per heavy atom. The fourth-order valence-corrected chi connectivity index (χ4v) is 9.93. The maximum absolute atomic E-state index is 2.30. The van der Waals surface area contributed by atoms with Crippen LogP contribution in [0.15, 0.2) is 224 Å². The van der Waals surface area contributed by atoms with E-state index in [0.717, 1.165) is 45.3 Å². The zero-order valence-electron chi connectivity index (χ0n) is 48.0. The first kappa shape index (κ1) is 54.7. The fraction of sp³-hybridized carbons (Fsp3) is 0.147. The monoisotopic (exact) mass is 1030 g/mol. The molecule has 4 nitrogen and oxygen atoms in total. The van der Waals surface area contributed by atoms with Gasteiger partial charge in [0, 0.05) is 73.7 Å². The van der Waals surface area contributed by atoms with Crippen LogP contribution in [0.4, 0.5) is 45.5 Å². The van der Waals surface area contributed by atoms with E-state index in [9.17, 15) is 0 Å². The van der Waals surface area contributed by atoms with Crippen LogP contribution in [-0.2, 0) is 0 Å². The molecule has 0 bridgehead atoms. The normalized spacial score (nSPS) is 11.1. The number of rotatable bonds is 14. The molecule has 0 aliphatic rings. The van der Waals surface area contributed by atoms with Gasteiger partial charge in [-0.15, -0.1) is 0 Å². The van der Waals surface area contributed by atoms with E-state index in [-0.39, 0.29) is 0 Å². The Morgan fingerprint density at radius 1 is 0.241 bits per heavy atom. The highest BCUT2D eigenvalue weighted by Gasteiger charge is 2.17. The number of hydrogen-bond donors (Lipinski definition) is 0. The molecule has 0 saturated heterocycles. The third-order valence-corrected chi connectivity index (χ3v) is 14.6. The Labute approximate surface area is 471 Å². The molecule has 0 aromatic heterocycles. The van der Waals surface area contributed by atoms with Crippen molar-refractivity contribution in [3.63, 3.8) is 0 Å². The van der Waals surface area contributed by atoms with Gasteiger partial charge in [-0.25, -0.2) is 0 Å². The van der Waals surface area contributed by atoms with Crippen LogP contribution in [0, 0.1) is 48.5 Å². The van der Waals surface area contributed by atoms with Gasteiger partial charge in [-0.05, 0) is 207 Å².